The van der Waals surface area contributed by atoms with Crippen molar-refractivity contribution in [1.82, 2.24) is 14.8 Å². The van der Waals surface area contributed by atoms with E-state index in [2.05, 4.69) is 36.0 Å². The van der Waals surface area contributed by atoms with E-state index in [0.29, 0.717) is 17.9 Å². The van der Waals surface area contributed by atoms with E-state index in [1.54, 1.807) is 0 Å². The summed E-state index contributed by atoms with van der Waals surface area (Å²) in [4.78, 5) is 4.81. The quantitative estimate of drug-likeness (QED) is 0.921. The van der Waals surface area contributed by atoms with Crippen LogP contribution in [-0.2, 0) is 6.42 Å². The van der Waals surface area contributed by atoms with Crippen LogP contribution in [0.1, 0.15) is 56.0 Å². The Morgan fingerprint density at radius 3 is 2.77 bits per heavy atom. The Balaban J connectivity index is 1.67. The molecule has 2 aromatic rings. The molecule has 2 aliphatic rings. The zero-order valence-corrected chi connectivity index (χ0v) is 13.2. The first-order valence-electron chi connectivity index (χ1n) is 8.54. The largest absolute Gasteiger partial charge is 0.330 e. The van der Waals surface area contributed by atoms with Crippen LogP contribution in [0, 0.1) is 5.92 Å². The van der Waals surface area contributed by atoms with Crippen molar-refractivity contribution in [2.75, 3.05) is 6.54 Å². The minimum atomic E-state index is 0.536. The number of aryl methyl sites for hydroxylation is 1. The lowest BCUT2D eigenvalue weighted by Crippen LogP contribution is -2.32. The summed E-state index contributed by atoms with van der Waals surface area (Å²) in [5.74, 6) is 1.33. The lowest BCUT2D eigenvalue weighted by atomic mass is 9.80. The Hall–Kier alpha value is -1.68. The summed E-state index contributed by atoms with van der Waals surface area (Å²) in [7, 11) is 0. The van der Waals surface area contributed by atoms with Crippen molar-refractivity contribution in [2.24, 2.45) is 11.7 Å². The van der Waals surface area contributed by atoms with E-state index in [0.717, 1.165) is 24.4 Å². The zero-order valence-electron chi connectivity index (χ0n) is 13.2. The highest BCUT2D eigenvalue weighted by Crippen LogP contribution is 2.45. The molecule has 0 unspecified atom stereocenters. The van der Waals surface area contributed by atoms with E-state index in [4.69, 9.17) is 15.8 Å². The molecule has 2 fully saturated rings. The molecule has 2 saturated carbocycles. The Morgan fingerprint density at radius 1 is 1.27 bits per heavy atom. The van der Waals surface area contributed by atoms with E-state index in [-0.39, 0.29) is 0 Å². The fourth-order valence-electron chi connectivity index (χ4n) is 3.38. The third-order valence-corrected chi connectivity index (χ3v) is 5.09. The summed E-state index contributed by atoms with van der Waals surface area (Å²) < 4.78 is 2.19. The average molecular weight is 296 g/mol. The van der Waals surface area contributed by atoms with Crippen molar-refractivity contribution in [1.29, 1.82) is 0 Å². The number of pyridine rings is 1. The van der Waals surface area contributed by atoms with E-state index < -0.39 is 0 Å². The number of nitrogens with zero attached hydrogens (tertiary/aromatic N) is 3. The SMILES string of the molecule is CCc1cccc(-c2cn(C3CC(CN)C3)nc2C2CC2)n1. The summed E-state index contributed by atoms with van der Waals surface area (Å²) in [5, 5.41) is 4.93. The van der Waals surface area contributed by atoms with E-state index in [1.165, 1.54) is 36.9 Å². The lowest BCUT2D eigenvalue weighted by molar-refractivity contribution is 0.189. The highest BCUT2D eigenvalue weighted by molar-refractivity contribution is 5.63. The first kappa shape index (κ1) is 13.9. The molecule has 2 aliphatic carbocycles. The minimum absolute atomic E-state index is 0.536. The van der Waals surface area contributed by atoms with Crippen molar-refractivity contribution >= 4 is 0 Å². The standard InChI is InChI=1S/C18H24N4/c1-2-14-4-3-5-17(20-14)16-11-22(15-8-12(9-15)10-19)21-18(16)13-6-7-13/h3-5,11-13,15H,2,6-10,19H2,1H3. The number of hydrogen-bond acceptors (Lipinski definition) is 3. The summed E-state index contributed by atoms with van der Waals surface area (Å²) >= 11 is 0. The molecule has 4 heteroatoms. The molecule has 2 aromatic heterocycles. The molecule has 0 radical (unpaired) electrons. The molecule has 0 saturated heterocycles. The number of aromatic nitrogens is 3. The van der Waals surface area contributed by atoms with Gasteiger partial charge in [-0.1, -0.05) is 13.0 Å². The summed E-state index contributed by atoms with van der Waals surface area (Å²) in [6, 6.07) is 6.87. The van der Waals surface area contributed by atoms with Crippen LogP contribution in [0.4, 0.5) is 0 Å². The maximum Gasteiger partial charge on any atom is 0.0749 e. The lowest BCUT2D eigenvalue weighted by Gasteiger charge is -2.34. The van der Waals surface area contributed by atoms with Gasteiger partial charge in [0.1, 0.15) is 0 Å². The van der Waals surface area contributed by atoms with Gasteiger partial charge in [-0.05, 0) is 56.7 Å². The molecule has 0 aromatic carbocycles. The van der Waals surface area contributed by atoms with Gasteiger partial charge in [-0.2, -0.15) is 5.10 Å². The van der Waals surface area contributed by atoms with E-state index in [1.807, 2.05) is 0 Å². The van der Waals surface area contributed by atoms with Crippen molar-refractivity contribution in [3.8, 4) is 11.3 Å². The van der Waals surface area contributed by atoms with Gasteiger partial charge in [-0.15, -0.1) is 0 Å². The van der Waals surface area contributed by atoms with Crippen LogP contribution in [0.3, 0.4) is 0 Å². The number of nitrogens with two attached hydrogens (primary N) is 1. The second-order valence-corrected chi connectivity index (χ2v) is 6.78. The van der Waals surface area contributed by atoms with Crippen molar-refractivity contribution in [2.45, 2.75) is 51.0 Å². The summed E-state index contributed by atoms with van der Waals surface area (Å²) in [5.41, 5.74) is 10.5. The van der Waals surface area contributed by atoms with E-state index in [9.17, 15) is 0 Å². The van der Waals surface area contributed by atoms with Gasteiger partial charge in [-0.3, -0.25) is 9.67 Å². The molecular weight excluding hydrogens is 272 g/mol. The summed E-state index contributed by atoms with van der Waals surface area (Å²) in [6.07, 6.45) is 8.09. The van der Waals surface area contributed by atoms with Crippen LogP contribution in [0.25, 0.3) is 11.3 Å². The third kappa shape index (κ3) is 2.45. The van der Waals surface area contributed by atoms with Crippen LogP contribution in [0.15, 0.2) is 24.4 Å². The Morgan fingerprint density at radius 2 is 2.09 bits per heavy atom. The van der Waals surface area contributed by atoms with Gasteiger partial charge in [0.15, 0.2) is 0 Å². The third-order valence-electron chi connectivity index (χ3n) is 5.09. The Labute approximate surface area is 131 Å². The zero-order chi connectivity index (χ0) is 15.1. The van der Waals surface area contributed by atoms with Crippen LogP contribution < -0.4 is 5.73 Å². The molecular formula is C18H24N4. The molecule has 116 valence electrons. The molecule has 0 bridgehead atoms. The normalized spacial score (nSPS) is 24.3. The molecule has 4 rings (SSSR count). The van der Waals surface area contributed by atoms with Gasteiger partial charge >= 0.3 is 0 Å². The van der Waals surface area contributed by atoms with Crippen LogP contribution in [-0.4, -0.2) is 21.3 Å². The van der Waals surface area contributed by atoms with Gasteiger partial charge in [-0.25, -0.2) is 0 Å². The molecule has 0 amide bonds. The second kappa shape index (κ2) is 5.51. The van der Waals surface area contributed by atoms with Gasteiger partial charge in [0.2, 0.25) is 0 Å². The highest BCUT2D eigenvalue weighted by Gasteiger charge is 2.34. The minimum Gasteiger partial charge on any atom is -0.330 e. The maximum absolute atomic E-state index is 5.75. The molecule has 4 nitrogen and oxygen atoms in total. The smallest absolute Gasteiger partial charge is 0.0749 e. The predicted molar refractivity (Wildman–Crippen MR) is 87.6 cm³/mol. The van der Waals surface area contributed by atoms with Crippen LogP contribution in [0.5, 0.6) is 0 Å². The highest BCUT2D eigenvalue weighted by atomic mass is 15.3. The maximum atomic E-state index is 5.75. The van der Waals surface area contributed by atoms with Gasteiger partial charge in [0, 0.05) is 23.4 Å². The predicted octanol–water partition coefficient (Wildman–Crippen LogP) is 3.29. The molecule has 2 N–H and O–H groups in total. The Bertz CT molecular complexity index is 665. The average Bonchev–Trinajstić information content (AvgIpc) is 3.26. The van der Waals surface area contributed by atoms with Crippen molar-refractivity contribution in [3.63, 3.8) is 0 Å². The second-order valence-electron chi connectivity index (χ2n) is 6.78. The monoisotopic (exact) mass is 296 g/mol. The molecule has 22 heavy (non-hydrogen) atoms. The summed E-state index contributed by atoms with van der Waals surface area (Å²) in [6.45, 7) is 2.96. The fourth-order valence-corrected chi connectivity index (χ4v) is 3.38. The fraction of sp³-hybridized carbons (Fsp3) is 0.556. The van der Waals surface area contributed by atoms with Crippen LogP contribution >= 0.6 is 0 Å². The van der Waals surface area contributed by atoms with Crippen LogP contribution in [0.2, 0.25) is 0 Å². The van der Waals surface area contributed by atoms with E-state index >= 15 is 0 Å². The topological polar surface area (TPSA) is 56.7 Å². The van der Waals surface area contributed by atoms with Gasteiger partial charge in [0.05, 0.1) is 17.4 Å². The van der Waals surface area contributed by atoms with Crippen molar-refractivity contribution < 1.29 is 0 Å². The molecule has 0 aliphatic heterocycles. The number of hydrogen-bond donors (Lipinski definition) is 1. The van der Waals surface area contributed by atoms with Gasteiger partial charge in [0.25, 0.3) is 0 Å². The molecule has 0 spiro atoms. The van der Waals surface area contributed by atoms with Crippen molar-refractivity contribution in [3.05, 3.63) is 35.8 Å². The Kier molecular flexibility index (Phi) is 3.49. The molecule has 2 heterocycles. The first-order chi connectivity index (χ1) is 10.8. The number of rotatable bonds is 5. The molecule has 0 atom stereocenters. The van der Waals surface area contributed by atoms with Gasteiger partial charge < -0.3 is 5.73 Å². The first-order valence-corrected chi connectivity index (χ1v) is 8.54.